The monoisotopic (exact) mass is 282 g/mol. The van der Waals surface area contributed by atoms with Crippen LogP contribution in [0.3, 0.4) is 0 Å². The van der Waals surface area contributed by atoms with Gasteiger partial charge in [-0.15, -0.1) is 12.6 Å². The van der Waals surface area contributed by atoms with Gasteiger partial charge >= 0.3 is 5.88 Å². The van der Waals surface area contributed by atoms with E-state index in [9.17, 15) is 0 Å². The highest BCUT2D eigenvalue weighted by molar-refractivity contribution is 7.80. The second-order valence-electron chi connectivity index (χ2n) is 4.58. The number of thiol groups is 1. The zero-order valence-electron chi connectivity index (χ0n) is 11.1. The quantitative estimate of drug-likeness (QED) is 0.439. The fourth-order valence-corrected chi connectivity index (χ4v) is 2.50. The molecule has 0 aliphatic carbocycles. The van der Waals surface area contributed by atoms with Gasteiger partial charge in [0.25, 0.3) is 0 Å². The molecule has 0 fully saturated rings. The molecule has 0 saturated heterocycles. The molecule has 0 saturated carbocycles. The Hall–Kier alpha value is -2.00. The van der Waals surface area contributed by atoms with Crippen molar-refractivity contribution in [2.75, 3.05) is 5.94 Å². The number of hydrogen-bond donors (Lipinski definition) is 1. The van der Waals surface area contributed by atoms with E-state index in [4.69, 9.17) is 4.74 Å². The van der Waals surface area contributed by atoms with Crippen molar-refractivity contribution >= 4 is 23.5 Å². The van der Waals surface area contributed by atoms with E-state index in [2.05, 4.69) is 59.7 Å². The molecule has 0 aliphatic rings. The third-order valence-corrected chi connectivity index (χ3v) is 3.42. The number of pyridine rings is 1. The van der Waals surface area contributed by atoms with Gasteiger partial charge in [0.05, 0.1) is 6.07 Å². The largest absolute Gasteiger partial charge is 0.434 e. The lowest BCUT2D eigenvalue weighted by Gasteiger charge is -2.07. The molecule has 0 radical (unpaired) electrons. The summed E-state index contributed by atoms with van der Waals surface area (Å²) in [4.78, 5) is 0. The van der Waals surface area contributed by atoms with Crippen molar-refractivity contribution in [2.24, 2.45) is 0 Å². The Morgan fingerprint density at radius 1 is 0.850 bits per heavy atom. The topological polar surface area (TPSA) is 13.1 Å². The molecule has 0 aliphatic heterocycles. The lowest BCUT2D eigenvalue weighted by molar-refractivity contribution is -0.667. The summed E-state index contributed by atoms with van der Waals surface area (Å²) in [6.07, 6.45) is 0. The molecule has 1 aromatic heterocycles. The molecule has 20 heavy (non-hydrogen) atoms. The summed E-state index contributed by atoms with van der Waals surface area (Å²) in [6.45, 7) is 0.783. The Kier molecular flexibility index (Phi) is 3.88. The minimum atomic E-state index is 0.368. The van der Waals surface area contributed by atoms with Gasteiger partial charge in [-0.3, -0.25) is 0 Å². The van der Waals surface area contributed by atoms with E-state index >= 15 is 0 Å². The molecule has 3 aromatic rings. The first kappa shape index (κ1) is 13.0. The minimum absolute atomic E-state index is 0.368. The molecule has 0 N–H and O–H groups in total. The Bertz CT molecular complexity index is 713. The summed E-state index contributed by atoms with van der Waals surface area (Å²) in [6, 6.07) is 22.8. The van der Waals surface area contributed by atoms with Crippen molar-refractivity contribution in [3.63, 3.8) is 0 Å². The first-order valence-corrected chi connectivity index (χ1v) is 7.21. The van der Waals surface area contributed by atoms with E-state index in [1.807, 2.05) is 24.3 Å². The van der Waals surface area contributed by atoms with Crippen molar-refractivity contribution in [2.45, 2.75) is 6.54 Å². The molecule has 3 heteroatoms. The molecular weight excluding hydrogens is 266 g/mol. The van der Waals surface area contributed by atoms with Gasteiger partial charge in [-0.2, -0.15) is 4.57 Å². The van der Waals surface area contributed by atoms with Crippen molar-refractivity contribution in [3.8, 4) is 5.88 Å². The first-order chi connectivity index (χ1) is 9.88. The Labute approximate surface area is 124 Å². The van der Waals surface area contributed by atoms with Crippen LogP contribution >= 0.6 is 12.6 Å². The highest BCUT2D eigenvalue weighted by Crippen LogP contribution is 2.16. The maximum atomic E-state index is 5.64. The molecule has 100 valence electrons. The third kappa shape index (κ3) is 2.63. The van der Waals surface area contributed by atoms with Crippen molar-refractivity contribution in [1.82, 2.24) is 0 Å². The normalized spacial score (nSPS) is 10.7. The zero-order valence-corrected chi connectivity index (χ0v) is 12.0. The highest BCUT2D eigenvalue weighted by Gasteiger charge is 2.16. The van der Waals surface area contributed by atoms with Gasteiger partial charge in [0, 0.05) is 17.0 Å². The average Bonchev–Trinajstić information content (AvgIpc) is 2.51. The van der Waals surface area contributed by atoms with Crippen molar-refractivity contribution < 1.29 is 9.30 Å². The molecule has 2 aromatic carbocycles. The average molecular weight is 282 g/mol. The molecular formula is C17H16NOS+. The van der Waals surface area contributed by atoms with Crippen LogP contribution in [0.2, 0.25) is 0 Å². The first-order valence-electron chi connectivity index (χ1n) is 6.57. The number of ether oxygens (including phenoxy) is 1. The Balaban J connectivity index is 2.12. The fraction of sp³-hybridized carbons (Fsp3) is 0.118. The van der Waals surface area contributed by atoms with Gasteiger partial charge in [0.1, 0.15) is 5.94 Å². The van der Waals surface area contributed by atoms with Crippen molar-refractivity contribution in [1.29, 1.82) is 0 Å². The number of rotatable bonds is 4. The van der Waals surface area contributed by atoms with E-state index in [1.165, 1.54) is 10.9 Å². The standard InChI is InChI=1S/C17H15NOS/c20-13-19-17-11-10-15-8-4-5-9-16(15)18(17)12-14-6-2-1-3-7-14/h1-11H,12-13H2/p+1. The summed E-state index contributed by atoms with van der Waals surface area (Å²) >= 11 is 4.16. The summed E-state index contributed by atoms with van der Waals surface area (Å²) in [5.74, 6) is 1.20. The van der Waals surface area contributed by atoms with Gasteiger partial charge in [-0.25, -0.2) is 0 Å². The van der Waals surface area contributed by atoms with Gasteiger partial charge in [0.2, 0.25) is 5.52 Å². The Morgan fingerprint density at radius 3 is 2.40 bits per heavy atom. The summed E-state index contributed by atoms with van der Waals surface area (Å²) in [5, 5.41) is 1.20. The molecule has 0 atom stereocenters. The molecule has 0 amide bonds. The maximum Gasteiger partial charge on any atom is 0.369 e. The number of fused-ring (bicyclic) bond motifs is 1. The van der Waals surface area contributed by atoms with E-state index in [-0.39, 0.29) is 0 Å². The molecule has 1 heterocycles. The van der Waals surface area contributed by atoms with E-state index in [0.717, 1.165) is 17.9 Å². The lowest BCUT2D eigenvalue weighted by Crippen LogP contribution is -2.37. The number of para-hydroxylation sites is 1. The highest BCUT2D eigenvalue weighted by atomic mass is 32.1. The SMILES string of the molecule is SCOc1ccc2ccccc2[n+]1Cc1ccccc1. The lowest BCUT2D eigenvalue weighted by atomic mass is 10.2. The van der Waals surface area contributed by atoms with Crippen LogP contribution < -0.4 is 9.30 Å². The smallest absolute Gasteiger partial charge is 0.369 e. The van der Waals surface area contributed by atoms with E-state index in [0.29, 0.717) is 5.94 Å². The minimum Gasteiger partial charge on any atom is -0.434 e. The van der Waals surface area contributed by atoms with E-state index < -0.39 is 0 Å². The summed E-state index contributed by atoms with van der Waals surface area (Å²) in [5.41, 5.74) is 2.41. The van der Waals surface area contributed by atoms with Crippen LogP contribution in [0.25, 0.3) is 10.9 Å². The van der Waals surface area contributed by atoms with Crippen LogP contribution in [0, 0.1) is 0 Å². The molecule has 0 bridgehead atoms. The van der Waals surface area contributed by atoms with E-state index in [1.54, 1.807) is 0 Å². The maximum absolute atomic E-state index is 5.64. The van der Waals surface area contributed by atoms with Crippen LogP contribution in [-0.4, -0.2) is 5.94 Å². The van der Waals surface area contributed by atoms with Crippen molar-refractivity contribution in [3.05, 3.63) is 72.3 Å². The van der Waals surface area contributed by atoms with Gasteiger partial charge in [-0.05, 0) is 12.1 Å². The molecule has 3 rings (SSSR count). The molecule has 0 spiro atoms. The summed E-state index contributed by atoms with van der Waals surface area (Å²) in [7, 11) is 0. The molecule has 2 nitrogen and oxygen atoms in total. The van der Waals surface area contributed by atoms with Crippen LogP contribution in [0.4, 0.5) is 0 Å². The van der Waals surface area contributed by atoms with Gasteiger partial charge < -0.3 is 4.74 Å². The van der Waals surface area contributed by atoms with Crippen LogP contribution in [0.5, 0.6) is 5.88 Å². The Morgan fingerprint density at radius 2 is 1.60 bits per heavy atom. The predicted molar refractivity (Wildman–Crippen MR) is 84.2 cm³/mol. The second kappa shape index (κ2) is 5.97. The number of nitrogens with zero attached hydrogens (tertiary/aromatic N) is 1. The number of aromatic nitrogens is 1. The third-order valence-electron chi connectivity index (χ3n) is 3.29. The number of benzene rings is 2. The van der Waals surface area contributed by atoms with Crippen LogP contribution in [0.15, 0.2) is 66.7 Å². The van der Waals surface area contributed by atoms with Crippen LogP contribution in [-0.2, 0) is 6.54 Å². The summed E-state index contributed by atoms with van der Waals surface area (Å²) < 4.78 is 7.83. The van der Waals surface area contributed by atoms with Gasteiger partial charge in [0.15, 0.2) is 6.54 Å². The fourth-order valence-electron chi connectivity index (χ4n) is 2.37. The molecule has 0 unspecified atom stereocenters. The second-order valence-corrected chi connectivity index (χ2v) is 4.83. The van der Waals surface area contributed by atoms with Crippen LogP contribution in [0.1, 0.15) is 5.56 Å². The van der Waals surface area contributed by atoms with Gasteiger partial charge in [-0.1, -0.05) is 42.5 Å². The number of hydrogen-bond acceptors (Lipinski definition) is 2. The zero-order chi connectivity index (χ0) is 13.8. The predicted octanol–water partition coefficient (Wildman–Crippen LogP) is 3.44.